The highest BCUT2D eigenvalue weighted by molar-refractivity contribution is 6.40. The van der Waals surface area contributed by atoms with E-state index in [1.807, 2.05) is 0 Å². The largest absolute Gasteiger partial charge is 0.339 e. The lowest BCUT2D eigenvalue weighted by Crippen LogP contribution is -2.40. The number of rotatable bonds is 0. The van der Waals surface area contributed by atoms with Crippen molar-refractivity contribution < 1.29 is 0 Å². The Morgan fingerprint density at radius 2 is 1.56 bits per heavy atom. The maximum Gasteiger partial charge on any atom is 0.184 e. The van der Waals surface area contributed by atoms with Crippen molar-refractivity contribution in [1.82, 2.24) is 10.6 Å². The SMILES string of the molecule is CC1(Cl)NC(Cl)=C(Cl)N1. The van der Waals surface area contributed by atoms with Gasteiger partial charge in [0.1, 0.15) is 10.3 Å². The first kappa shape index (κ1) is 7.32. The van der Waals surface area contributed by atoms with Crippen LogP contribution in [0.4, 0.5) is 0 Å². The maximum absolute atomic E-state index is 5.72. The molecular formula is C4H5Cl3N2. The zero-order valence-electron chi connectivity index (χ0n) is 4.63. The Kier molecular flexibility index (Phi) is 1.72. The molecule has 52 valence electrons. The molecule has 0 aromatic carbocycles. The molecule has 1 aliphatic heterocycles. The van der Waals surface area contributed by atoms with Crippen molar-refractivity contribution in [3.05, 3.63) is 10.3 Å². The fourth-order valence-corrected chi connectivity index (χ4v) is 1.31. The normalized spacial score (nSPS) is 23.6. The second-order valence-electron chi connectivity index (χ2n) is 1.88. The minimum atomic E-state index is -0.728. The Morgan fingerprint density at radius 1 is 1.22 bits per heavy atom. The summed E-state index contributed by atoms with van der Waals surface area (Å²) in [5, 5.41) is 5.40. The lowest BCUT2D eigenvalue weighted by atomic mass is 10.6. The molecule has 0 fully saturated rings. The van der Waals surface area contributed by atoms with Crippen LogP contribution < -0.4 is 10.6 Å². The summed E-state index contributed by atoms with van der Waals surface area (Å²) in [6.07, 6.45) is 0. The van der Waals surface area contributed by atoms with Gasteiger partial charge in [0.05, 0.1) is 0 Å². The van der Waals surface area contributed by atoms with Gasteiger partial charge in [0.15, 0.2) is 5.12 Å². The van der Waals surface area contributed by atoms with E-state index in [1.165, 1.54) is 0 Å². The number of nitrogens with one attached hydrogen (secondary N) is 2. The van der Waals surface area contributed by atoms with Gasteiger partial charge >= 0.3 is 0 Å². The number of hydrogen-bond donors (Lipinski definition) is 2. The Hall–Kier alpha value is 0.210. The van der Waals surface area contributed by atoms with E-state index in [4.69, 9.17) is 34.8 Å². The predicted molar refractivity (Wildman–Crippen MR) is 39.3 cm³/mol. The van der Waals surface area contributed by atoms with Crippen LogP contribution in [0.15, 0.2) is 10.3 Å². The molecule has 5 heteroatoms. The van der Waals surface area contributed by atoms with E-state index >= 15 is 0 Å². The van der Waals surface area contributed by atoms with Crippen molar-refractivity contribution in [3.8, 4) is 0 Å². The number of hydrogen-bond acceptors (Lipinski definition) is 2. The summed E-state index contributed by atoms with van der Waals surface area (Å²) in [5.41, 5.74) is 0. The van der Waals surface area contributed by atoms with Gasteiger partial charge in [0.25, 0.3) is 0 Å². The zero-order chi connectivity index (χ0) is 7.07. The third-order valence-electron chi connectivity index (χ3n) is 0.882. The minimum Gasteiger partial charge on any atom is -0.339 e. The van der Waals surface area contributed by atoms with Crippen molar-refractivity contribution in [3.63, 3.8) is 0 Å². The monoisotopic (exact) mass is 186 g/mol. The van der Waals surface area contributed by atoms with Gasteiger partial charge in [0.2, 0.25) is 0 Å². The van der Waals surface area contributed by atoms with Crippen LogP contribution in [0.1, 0.15) is 6.92 Å². The summed E-state index contributed by atoms with van der Waals surface area (Å²) in [7, 11) is 0. The smallest absolute Gasteiger partial charge is 0.184 e. The maximum atomic E-state index is 5.72. The number of halogens is 3. The van der Waals surface area contributed by atoms with Crippen LogP contribution in [0.2, 0.25) is 0 Å². The quantitative estimate of drug-likeness (QED) is 0.446. The lowest BCUT2D eigenvalue weighted by molar-refractivity contribution is 0.545. The second kappa shape index (κ2) is 2.11. The molecular weight excluding hydrogens is 182 g/mol. The van der Waals surface area contributed by atoms with Crippen molar-refractivity contribution >= 4 is 34.8 Å². The van der Waals surface area contributed by atoms with Crippen LogP contribution in [-0.4, -0.2) is 5.12 Å². The van der Waals surface area contributed by atoms with Crippen molar-refractivity contribution in [2.24, 2.45) is 0 Å². The van der Waals surface area contributed by atoms with Crippen LogP contribution in [0.5, 0.6) is 0 Å². The summed E-state index contributed by atoms with van der Waals surface area (Å²) in [5.74, 6) is 0. The highest BCUT2D eigenvalue weighted by Crippen LogP contribution is 2.23. The third-order valence-corrected chi connectivity index (χ3v) is 1.73. The van der Waals surface area contributed by atoms with E-state index in [9.17, 15) is 0 Å². The molecule has 0 aromatic heterocycles. The van der Waals surface area contributed by atoms with E-state index in [0.29, 0.717) is 10.3 Å². The highest BCUT2D eigenvalue weighted by Gasteiger charge is 2.28. The molecule has 2 N–H and O–H groups in total. The molecule has 0 saturated carbocycles. The van der Waals surface area contributed by atoms with Crippen LogP contribution in [0, 0.1) is 0 Å². The van der Waals surface area contributed by atoms with Crippen molar-refractivity contribution in [2.45, 2.75) is 12.0 Å². The van der Waals surface area contributed by atoms with E-state index < -0.39 is 5.12 Å². The van der Waals surface area contributed by atoms with E-state index in [-0.39, 0.29) is 0 Å². The first-order chi connectivity index (χ1) is 4.01. The molecule has 0 bridgehead atoms. The van der Waals surface area contributed by atoms with Gasteiger partial charge in [-0.2, -0.15) is 0 Å². The molecule has 0 radical (unpaired) electrons. The fraction of sp³-hybridized carbons (Fsp3) is 0.500. The fourth-order valence-electron chi connectivity index (χ4n) is 0.553. The molecule has 0 aromatic rings. The van der Waals surface area contributed by atoms with Gasteiger partial charge in [-0.05, 0) is 6.92 Å². The average molecular weight is 187 g/mol. The van der Waals surface area contributed by atoms with Gasteiger partial charge < -0.3 is 10.6 Å². The summed E-state index contributed by atoms with van der Waals surface area (Å²) in [6, 6.07) is 0. The third kappa shape index (κ3) is 1.57. The molecule has 0 unspecified atom stereocenters. The van der Waals surface area contributed by atoms with Gasteiger partial charge in [-0.3, -0.25) is 0 Å². The van der Waals surface area contributed by atoms with E-state index in [2.05, 4.69) is 10.6 Å². The van der Waals surface area contributed by atoms with Crippen molar-refractivity contribution in [2.75, 3.05) is 0 Å². The number of alkyl halides is 1. The Bertz CT molecular complexity index is 147. The molecule has 0 saturated heterocycles. The van der Waals surface area contributed by atoms with Gasteiger partial charge in [-0.1, -0.05) is 34.8 Å². The minimum absolute atomic E-state index is 0.356. The molecule has 1 aliphatic rings. The van der Waals surface area contributed by atoms with Crippen molar-refractivity contribution in [1.29, 1.82) is 0 Å². The molecule has 1 rings (SSSR count). The van der Waals surface area contributed by atoms with Gasteiger partial charge in [-0.25, -0.2) is 0 Å². The summed E-state index contributed by atoms with van der Waals surface area (Å²) < 4.78 is 0. The zero-order valence-corrected chi connectivity index (χ0v) is 6.90. The Balaban J connectivity index is 2.70. The van der Waals surface area contributed by atoms with Crippen LogP contribution in [0.25, 0.3) is 0 Å². The molecule has 9 heavy (non-hydrogen) atoms. The average Bonchev–Trinajstić information content (AvgIpc) is 1.79. The predicted octanol–water partition coefficient (Wildman–Crippen LogP) is 1.70. The topological polar surface area (TPSA) is 24.1 Å². The molecule has 2 nitrogen and oxygen atoms in total. The van der Waals surface area contributed by atoms with E-state index in [0.717, 1.165) is 0 Å². The highest BCUT2D eigenvalue weighted by atomic mass is 35.5. The standard InChI is InChI=1S/C4H5Cl3N2/c1-4(7)8-2(5)3(6)9-4/h8-9H,1H3. The molecule has 0 amide bonds. The first-order valence-corrected chi connectivity index (χ1v) is 3.45. The summed E-state index contributed by atoms with van der Waals surface area (Å²) in [4.78, 5) is 0. The van der Waals surface area contributed by atoms with Gasteiger partial charge in [0, 0.05) is 0 Å². The first-order valence-electron chi connectivity index (χ1n) is 2.32. The molecule has 1 heterocycles. The lowest BCUT2D eigenvalue weighted by Gasteiger charge is -2.16. The van der Waals surface area contributed by atoms with Crippen LogP contribution in [0.3, 0.4) is 0 Å². The molecule has 0 aliphatic carbocycles. The summed E-state index contributed by atoms with van der Waals surface area (Å²) >= 11 is 16.8. The Labute approximate surface area is 68.1 Å². The van der Waals surface area contributed by atoms with Crippen LogP contribution in [-0.2, 0) is 0 Å². The van der Waals surface area contributed by atoms with E-state index in [1.54, 1.807) is 6.92 Å². The van der Waals surface area contributed by atoms with Gasteiger partial charge in [-0.15, -0.1) is 0 Å². The molecule has 0 spiro atoms. The summed E-state index contributed by atoms with van der Waals surface area (Å²) in [6.45, 7) is 1.71. The molecule has 0 atom stereocenters. The second-order valence-corrected chi connectivity index (χ2v) is 3.39. The Morgan fingerprint density at radius 3 is 1.67 bits per heavy atom. The van der Waals surface area contributed by atoms with Crippen LogP contribution >= 0.6 is 34.8 Å².